The highest BCUT2D eigenvalue weighted by molar-refractivity contribution is 8.00. The quantitative estimate of drug-likeness (QED) is 0.605. The van der Waals surface area contributed by atoms with Crippen LogP contribution in [0.15, 0.2) is 9.95 Å². The minimum Gasteiger partial charge on any atom is -0.348 e. The second-order valence-corrected chi connectivity index (χ2v) is 9.36. The lowest BCUT2D eigenvalue weighted by atomic mass is 9.89. The van der Waals surface area contributed by atoms with E-state index in [4.69, 9.17) is 4.98 Å². The average molecular weight is 380 g/mol. The number of amides is 1. The molecule has 0 bridgehead atoms. The number of hydrogen-bond acceptors (Lipinski definition) is 5. The molecule has 25 heavy (non-hydrogen) atoms. The molecule has 7 heteroatoms. The van der Waals surface area contributed by atoms with Crippen LogP contribution in [0.2, 0.25) is 0 Å². The van der Waals surface area contributed by atoms with Gasteiger partial charge in [-0.15, -0.1) is 11.3 Å². The fourth-order valence-electron chi connectivity index (χ4n) is 3.35. The molecule has 2 atom stereocenters. The van der Waals surface area contributed by atoms with Gasteiger partial charge in [0.25, 0.3) is 5.56 Å². The van der Waals surface area contributed by atoms with E-state index < -0.39 is 0 Å². The van der Waals surface area contributed by atoms with Crippen LogP contribution in [-0.4, -0.2) is 39.7 Å². The molecule has 3 rings (SSSR count). The van der Waals surface area contributed by atoms with E-state index in [1.54, 1.807) is 34.9 Å². The molecule has 2 heterocycles. The van der Waals surface area contributed by atoms with Crippen molar-refractivity contribution >= 4 is 39.2 Å². The van der Waals surface area contributed by atoms with E-state index in [0.29, 0.717) is 17.6 Å². The van der Waals surface area contributed by atoms with Gasteiger partial charge in [0, 0.05) is 25.5 Å². The van der Waals surface area contributed by atoms with Gasteiger partial charge in [0.1, 0.15) is 4.83 Å². The number of hydrogen-bond donors (Lipinski definition) is 0. The van der Waals surface area contributed by atoms with E-state index in [-0.39, 0.29) is 16.7 Å². The molecule has 1 aliphatic rings. The molecule has 2 aromatic heterocycles. The molecule has 2 unspecified atom stereocenters. The zero-order chi connectivity index (χ0) is 18.3. The molecule has 2 aromatic rings. The van der Waals surface area contributed by atoms with Gasteiger partial charge in [-0.25, -0.2) is 4.98 Å². The summed E-state index contributed by atoms with van der Waals surface area (Å²) in [6.45, 7) is 6.65. The molecule has 0 radical (unpaired) electrons. The minimum absolute atomic E-state index is 0.0290. The van der Waals surface area contributed by atoms with E-state index in [0.717, 1.165) is 29.5 Å². The largest absolute Gasteiger partial charge is 0.348 e. The summed E-state index contributed by atoms with van der Waals surface area (Å²) in [4.78, 5) is 33.8. The number of nitrogens with zero attached hydrogens (tertiary/aromatic N) is 3. The normalized spacial score (nSPS) is 18.2. The van der Waals surface area contributed by atoms with E-state index in [9.17, 15) is 9.59 Å². The van der Waals surface area contributed by atoms with Gasteiger partial charge in [0.05, 0.1) is 10.6 Å². The summed E-state index contributed by atoms with van der Waals surface area (Å²) in [5.74, 6) is 0.696. The first-order valence-electron chi connectivity index (χ1n) is 8.76. The monoisotopic (exact) mass is 379 g/mol. The minimum atomic E-state index is -0.272. The second-order valence-electron chi connectivity index (χ2n) is 6.97. The highest BCUT2D eigenvalue weighted by Gasteiger charge is 2.26. The Bertz CT molecular complexity index is 869. The van der Waals surface area contributed by atoms with E-state index in [1.165, 1.54) is 22.2 Å². The van der Waals surface area contributed by atoms with Crippen LogP contribution in [0, 0.1) is 5.92 Å². The van der Waals surface area contributed by atoms with Crippen molar-refractivity contribution in [3.8, 4) is 0 Å². The predicted molar refractivity (Wildman–Crippen MR) is 105 cm³/mol. The molecule has 5 nitrogen and oxygen atoms in total. The molecular formula is C18H25N3O2S2. The van der Waals surface area contributed by atoms with Crippen LogP contribution >= 0.6 is 23.1 Å². The van der Waals surface area contributed by atoms with Gasteiger partial charge >= 0.3 is 0 Å². The Balaban J connectivity index is 2.08. The van der Waals surface area contributed by atoms with E-state index in [1.807, 2.05) is 13.8 Å². The van der Waals surface area contributed by atoms with Crippen molar-refractivity contribution in [2.45, 2.75) is 57.0 Å². The summed E-state index contributed by atoms with van der Waals surface area (Å²) in [7, 11) is 3.49. The Kier molecular flexibility index (Phi) is 5.25. The maximum Gasteiger partial charge on any atom is 0.263 e. The lowest BCUT2D eigenvalue weighted by Gasteiger charge is -2.18. The van der Waals surface area contributed by atoms with Crippen LogP contribution in [0.3, 0.4) is 0 Å². The van der Waals surface area contributed by atoms with Crippen molar-refractivity contribution in [2.24, 2.45) is 5.92 Å². The first-order valence-corrected chi connectivity index (χ1v) is 10.5. The number of thioether (sulfide) groups is 1. The van der Waals surface area contributed by atoms with Crippen molar-refractivity contribution in [2.75, 3.05) is 14.1 Å². The zero-order valence-electron chi connectivity index (χ0n) is 15.5. The summed E-state index contributed by atoms with van der Waals surface area (Å²) in [6.07, 6.45) is 3.15. The van der Waals surface area contributed by atoms with Crippen molar-refractivity contribution < 1.29 is 4.79 Å². The smallest absolute Gasteiger partial charge is 0.263 e. The molecule has 0 N–H and O–H groups in total. The predicted octanol–water partition coefficient (Wildman–Crippen LogP) is 3.17. The van der Waals surface area contributed by atoms with Gasteiger partial charge in [-0.05, 0) is 44.6 Å². The van der Waals surface area contributed by atoms with Crippen molar-refractivity contribution in [3.05, 3.63) is 20.8 Å². The topological polar surface area (TPSA) is 55.2 Å². The van der Waals surface area contributed by atoms with E-state index >= 15 is 0 Å². The van der Waals surface area contributed by atoms with Crippen LogP contribution in [0.4, 0.5) is 0 Å². The highest BCUT2D eigenvalue weighted by atomic mass is 32.2. The van der Waals surface area contributed by atoms with Gasteiger partial charge in [-0.1, -0.05) is 18.7 Å². The number of aromatic nitrogens is 2. The van der Waals surface area contributed by atoms with Crippen molar-refractivity contribution in [1.82, 2.24) is 14.5 Å². The number of carbonyl (C=O) groups is 1. The Labute approximate surface area is 156 Å². The van der Waals surface area contributed by atoms with Gasteiger partial charge in [-0.2, -0.15) is 0 Å². The Morgan fingerprint density at radius 2 is 2.20 bits per heavy atom. The third kappa shape index (κ3) is 3.36. The van der Waals surface area contributed by atoms with Crippen LogP contribution < -0.4 is 5.56 Å². The number of rotatable bonds is 4. The molecule has 0 aliphatic heterocycles. The van der Waals surface area contributed by atoms with Gasteiger partial charge in [0.15, 0.2) is 5.16 Å². The maximum atomic E-state index is 13.1. The fourth-order valence-corrected chi connectivity index (χ4v) is 5.89. The highest BCUT2D eigenvalue weighted by Crippen LogP contribution is 2.36. The number of carbonyl (C=O) groups excluding carboxylic acids is 1. The first kappa shape index (κ1) is 18.5. The molecule has 0 spiro atoms. The molecule has 0 aromatic carbocycles. The molecule has 136 valence electrons. The lowest BCUT2D eigenvalue weighted by molar-refractivity contribution is -0.127. The summed E-state index contributed by atoms with van der Waals surface area (Å²) in [5, 5.41) is 1.19. The fraction of sp³-hybridized carbons (Fsp3) is 0.611. The average Bonchev–Trinajstić information content (AvgIpc) is 2.91. The van der Waals surface area contributed by atoms with Gasteiger partial charge in [0.2, 0.25) is 5.91 Å². The lowest BCUT2D eigenvalue weighted by Crippen LogP contribution is -2.31. The molecule has 1 aliphatic carbocycles. The molecule has 1 amide bonds. The number of aryl methyl sites for hydroxylation is 1. The SMILES string of the molecule is CCn1c(SC(C)C(=O)N(C)C)nc2sc3c(c2c1=O)CCC(C)C3. The molecular weight excluding hydrogens is 354 g/mol. The third-order valence-corrected chi connectivity index (χ3v) is 6.99. The van der Waals surface area contributed by atoms with Crippen LogP contribution in [0.1, 0.15) is 37.6 Å². The van der Waals surface area contributed by atoms with Crippen LogP contribution in [-0.2, 0) is 24.2 Å². The van der Waals surface area contributed by atoms with E-state index in [2.05, 4.69) is 6.92 Å². The van der Waals surface area contributed by atoms with Crippen molar-refractivity contribution in [1.29, 1.82) is 0 Å². The standard InChI is InChI=1S/C18H25N3O2S2/c1-6-21-17(23)14-12-8-7-10(2)9-13(12)25-15(14)19-18(21)24-11(3)16(22)20(4)5/h10-11H,6-9H2,1-5H3. The van der Waals surface area contributed by atoms with Gasteiger partial charge in [-0.3, -0.25) is 14.2 Å². The summed E-state index contributed by atoms with van der Waals surface area (Å²) in [6, 6.07) is 0. The van der Waals surface area contributed by atoms with Crippen molar-refractivity contribution in [3.63, 3.8) is 0 Å². The Hall–Kier alpha value is -1.34. The zero-order valence-corrected chi connectivity index (χ0v) is 17.1. The van der Waals surface area contributed by atoms with Gasteiger partial charge < -0.3 is 4.90 Å². The second kappa shape index (κ2) is 7.11. The summed E-state index contributed by atoms with van der Waals surface area (Å²) < 4.78 is 1.72. The maximum absolute atomic E-state index is 13.1. The number of thiophene rings is 1. The molecule has 0 fully saturated rings. The summed E-state index contributed by atoms with van der Waals surface area (Å²) in [5.41, 5.74) is 1.26. The first-order chi connectivity index (χ1) is 11.8. The van der Waals surface area contributed by atoms with Crippen LogP contribution in [0.5, 0.6) is 0 Å². The third-order valence-electron chi connectivity index (χ3n) is 4.77. The Morgan fingerprint density at radius 1 is 1.48 bits per heavy atom. The summed E-state index contributed by atoms with van der Waals surface area (Å²) >= 11 is 3.03. The Morgan fingerprint density at radius 3 is 2.84 bits per heavy atom. The molecule has 0 saturated carbocycles. The van der Waals surface area contributed by atoms with Crippen LogP contribution in [0.25, 0.3) is 10.2 Å². The molecule has 0 saturated heterocycles. The number of fused-ring (bicyclic) bond motifs is 3.